The standard InChI is InChI=1S/C18H17F4NO3/c1-2-12-16(24)14(9-26-17(12)25)23-13(7-8-15(23)18(20,21)22)10-3-5-11(19)6-4-10/h3-8,12,14,16,24H,2,9H2,1H3. The molecule has 2 heterocycles. The number of alkyl halides is 3. The number of benzene rings is 1. The second-order valence-electron chi connectivity index (χ2n) is 6.18. The Balaban J connectivity index is 2.13. The van der Waals surface area contributed by atoms with E-state index in [4.69, 9.17) is 4.74 Å². The van der Waals surface area contributed by atoms with Gasteiger partial charge in [0.2, 0.25) is 0 Å². The van der Waals surface area contributed by atoms with E-state index in [0.29, 0.717) is 5.56 Å². The van der Waals surface area contributed by atoms with Crippen molar-refractivity contribution in [1.82, 2.24) is 4.57 Å². The van der Waals surface area contributed by atoms with Crippen molar-refractivity contribution in [3.63, 3.8) is 0 Å². The number of carbonyl (C=O) groups excluding carboxylic acids is 1. The molecule has 1 aromatic carbocycles. The number of cyclic esters (lactones) is 1. The van der Waals surface area contributed by atoms with Crippen LogP contribution in [0.15, 0.2) is 36.4 Å². The molecular formula is C18H17F4NO3. The molecule has 0 bridgehead atoms. The van der Waals surface area contributed by atoms with Gasteiger partial charge in [0.05, 0.1) is 18.1 Å². The van der Waals surface area contributed by atoms with E-state index in [1.54, 1.807) is 6.92 Å². The molecule has 0 amide bonds. The van der Waals surface area contributed by atoms with E-state index in [1.165, 1.54) is 18.2 Å². The number of hydrogen-bond donors (Lipinski definition) is 1. The van der Waals surface area contributed by atoms with Crippen molar-refractivity contribution >= 4 is 5.97 Å². The topological polar surface area (TPSA) is 51.5 Å². The van der Waals surface area contributed by atoms with Gasteiger partial charge in [0.1, 0.15) is 18.1 Å². The summed E-state index contributed by atoms with van der Waals surface area (Å²) in [7, 11) is 0. The minimum Gasteiger partial charge on any atom is -0.463 e. The lowest BCUT2D eigenvalue weighted by Crippen LogP contribution is -2.45. The molecule has 3 atom stereocenters. The molecule has 1 aliphatic heterocycles. The average Bonchev–Trinajstić information content (AvgIpc) is 3.01. The lowest BCUT2D eigenvalue weighted by Gasteiger charge is -2.36. The quantitative estimate of drug-likeness (QED) is 0.660. The van der Waals surface area contributed by atoms with Crippen molar-refractivity contribution < 1.29 is 32.2 Å². The molecule has 0 saturated carbocycles. The second kappa shape index (κ2) is 6.75. The molecule has 3 unspecified atom stereocenters. The average molecular weight is 371 g/mol. The zero-order chi connectivity index (χ0) is 19.1. The van der Waals surface area contributed by atoms with Gasteiger partial charge in [-0.2, -0.15) is 13.2 Å². The largest absolute Gasteiger partial charge is 0.463 e. The minimum atomic E-state index is -4.67. The molecule has 1 fully saturated rings. The second-order valence-corrected chi connectivity index (χ2v) is 6.18. The van der Waals surface area contributed by atoms with Crippen molar-refractivity contribution in [3.8, 4) is 11.3 Å². The maximum atomic E-state index is 13.5. The van der Waals surface area contributed by atoms with Crippen LogP contribution in [-0.4, -0.2) is 28.4 Å². The summed E-state index contributed by atoms with van der Waals surface area (Å²) in [6.07, 6.45) is -5.75. The van der Waals surface area contributed by atoms with Crippen LogP contribution in [0, 0.1) is 11.7 Å². The van der Waals surface area contributed by atoms with Gasteiger partial charge in [0.15, 0.2) is 0 Å². The van der Waals surface area contributed by atoms with Gasteiger partial charge in [0.25, 0.3) is 0 Å². The number of hydrogen-bond acceptors (Lipinski definition) is 3. The van der Waals surface area contributed by atoms with Gasteiger partial charge in [-0.1, -0.05) is 6.92 Å². The highest BCUT2D eigenvalue weighted by atomic mass is 19.4. The minimum absolute atomic E-state index is 0.161. The van der Waals surface area contributed by atoms with Crippen molar-refractivity contribution in [2.24, 2.45) is 5.92 Å². The van der Waals surface area contributed by atoms with Gasteiger partial charge in [0, 0.05) is 5.69 Å². The summed E-state index contributed by atoms with van der Waals surface area (Å²) < 4.78 is 59.7. The summed E-state index contributed by atoms with van der Waals surface area (Å²) >= 11 is 0. The van der Waals surface area contributed by atoms with Gasteiger partial charge in [-0.25, -0.2) is 4.39 Å². The van der Waals surface area contributed by atoms with Crippen LogP contribution in [0.2, 0.25) is 0 Å². The first-order valence-electron chi connectivity index (χ1n) is 8.13. The number of aliphatic hydroxyl groups excluding tert-OH is 1. The third kappa shape index (κ3) is 3.21. The number of rotatable bonds is 3. The molecule has 1 N–H and O–H groups in total. The van der Waals surface area contributed by atoms with Crippen LogP contribution in [0.1, 0.15) is 25.1 Å². The summed E-state index contributed by atoms with van der Waals surface area (Å²) in [5.41, 5.74) is -0.443. The van der Waals surface area contributed by atoms with Gasteiger partial charge in [-0.3, -0.25) is 4.79 Å². The Bertz CT molecular complexity index is 798. The van der Waals surface area contributed by atoms with Crippen LogP contribution < -0.4 is 0 Å². The molecule has 3 rings (SSSR count). The summed E-state index contributed by atoms with van der Waals surface area (Å²) in [4.78, 5) is 11.8. The van der Waals surface area contributed by atoms with E-state index < -0.39 is 41.7 Å². The zero-order valence-electron chi connectivity index (χ0n) is 13.8. The van der Waals surface area contributed by atoms with E-state index in [9.17, 15) is 27.5 Å². The summed E-state index contributed by atoms with van der Waals surface area (Å²) in [5, 5.41) is 10.5. The highest BCUT2D eigenvalue weighted by Crippen LogP contribution is 2.39. The fourth-order valence-corrected chi connectivity index (χ4v) is 3.31. The number of nitrogens with zero attached hydrogens (tertiary/aromatic N) is 1. The first kappa shape index (κ1) is 18.4. The van der Waals surface area contributed by atoms with E-state index in [1.807, 2.05) is 0 Å². The molecule has 0 aliphatic carbocycles. The SMILES string of the molecule is CCC1C(=O)OCC(n2c(-c3ccc(F)cc3)ccc2C(F)(F)F)C1O. The molecule has 0 radical (unpaired) electrons. The van der Waals surface area contributed by atoms with Gasteiger partial charge in [-0.05, 0) is 48.4 Å². The smallest absolute Gasteiger partial charge is 0.431 e. The lowest BCUT2D eigenvalue weighted by atomic mass is 9.91. The monoisotopic (exact) mass is 371 g/mol. The van der Waals surface area contributed by atoms with Crippen molar-refractivity contribution in [1.29, 1.82) is 0 Å². The summed E-state index contributed by atoms with van der Waals surface area (Å²) in [6.45, 7) is 1.28. The fourth-order valence-electron chi connectivity index (χ4n) is 3.31. The first-order valence-corrected chi connectivity index (χ1v) is 8.13. The zero-order valence-corrected chi connectivity index (χ0v) is 13.8. The number of ether oxygens (including phenoxy) is 1. The molecule has 8 heteroatoms. The van der Waals surface area contributed by atoms with Gasteiger partial charge in [-0.15, -0.1) is 0 Å². The molecule has 140 valence electrons. The number of halogens is 4. The van der Waals surface area contributed by atoms with Crippen LogP contribution >= 0.6 is 0 Å². The molecule has 1 aliphatic rings. The fraction of sp³-hybridized carbons (Fsp3) is 0.389. The Morgan fingerprint density at radius 2 is 1.85 bits per heavy atom. The number of esters is 1. The van der Waals surface area contributed by atoms with Crippen LogP contribution in [0.25, 0.3) is 11.3 Å². The van der Waals surface area contributed by atoms with Crippen molar-refractivity contribution in [2.75, 3.05) is 6.61 Å². The normalized spacial score (nSPS) is 23.8. The number of aliphatic hydroxyl groups is 1. The summed E-state index contributed by atoms with van der Waals surface area (Å²) in [5.74, 6) is -2.04. The third-order valence-corrected chi connectivity index (χ3v) is 4.63. The Morgan fingerprint density at radius 3 is 2.42 bits per heavy atom. The summed E-state index contributed by atoms with van der Waals surface area (Å²) in [6, 6.07) is 6.09. The number of aromatic nitrogens is 1. The maximum Gasteiger partial charge on any atom is 0.431 e. The third-order valence-electron chi connectivity index (χ3n) is 4.63. The van der Waals surface area contributed by atoms with Crippen molar-refractivity contribution in [2.45, 2.75) is 31.7 Å². The van der Waals surface area contributed by atoms with Crippen LogP contribution in [0.4, 0.5) is 17.6 Å². The molecule has 26 heavy (non-hydrogen) atoms. The lowest BCUT2D eigenvalue weighted by molar-refractivity contribution is -0.168. The molecule has 4 nitrogen and oxygen atoms in total. The van der Waals surface area contributed by atoms with E-state index in [2.05, 4.69) is 0 Å². The molecular weight excluding hydrogens is 354 g/mol. The predicted molar refractivity (Wildman–Crippen MR) is 84.6 cm³/mol. The molecule has 1 saturated heterocycles. The Hall–Kier alpha value is -2.35. The van der Waals surface area contributed by atoms with Gasteiger partial charge >= 0.3 is 12.1 Å². The maximum absolute atomic E-state index is 13.5. The number of carbonyl (C=O) groups is 1. The molecule has 2 aromatic rings. The highest BCUT2D eigenvalue weighted by molar-refractivity contribution is 5.74. The highest BCUT2D eigenvalue weighted by Gasteiger charge is 2.44. The Morgan fingerprint density at radius 1 is 1.19 bits per heavy atom. The first-order chi connectivity index (χ1) is 12.2. The molecule has 0 spiro atoms. The van der Waals surface area contributed by atoms with E-state index in [-0.39, 0.29) is 18.7 Å². The van der Waals surface area contributed by atoms with Crippen LogP contribution in [0.5, 0.6) is 0 Å². The van der Waals surface area contributed by atoms with Crippen LogP contribution in [-0.2, 0) is 15.7 Å². The van der Waals surface area contributed by atoms with Gasteiger partial charge < -0.3 is 14.4 Å². The van der Waals surface area contributed by atoms with Crippen molar-refractivity contribution in [3.05, 3.63) is 47.9 Å². The van der Waals surface area contributed by atoms with E-state index >= 15 is 0 Å². The molecule has 1 aromatic heterocycles. The van der Waals surface area contributed by atoms with E-state index in [0.717, 1.165) is 22.8 Å². The van der Waals surface area contributed by atoms with Crippen LogP contribution in [0.3, 0.4) is 0 Å². The Kier molecular flexibility index (Phi) is 4.79. The predicted octanol–water partition coefficient (Wildman–Crippen LogP) is 3.80. The Labute approximate surface area is 147 Å².